The van der Waals surface area contributed by atoms with E-state index in [1.165, 1.54) is 6.07 Å². The van der Waals surface area contributed by atoms with Gasteiger partial charge in [-0.3, -0.25) is 9.78 Å². The number of alkyl halides is 3. The number of imidazole rings is 1. The predicted molar refractivity (Wildman–Crippen MR) is 135 cm³/mol. The molecule has 1 fully saturated rings. The van der Waals surface area contributed by atoms with Crippen LogP contribution < -0.4 is 11.1 Å². The molecule has 1 saturated carbocycles. The van der Waals surface area contributed by atoms with E-state index in [1.54, 1.807) is 18.6 Å². The van der Waals surface area contributed by atoms with Crippen LogP contribution in [0, 0.1) is 11.8 Å². The molecule has 0 aromatic carbocycles. The van der Waals surface area contributed by atoms with Crippen LogP contribution in [0.2, 0.25) is 0 Å². The molecule has 0 bridgehead atoms. The monoisotopic (exact) mass is 524 g/mol. The summed E-state index contributed by atoms with van der Waals surface area (Å²) in [6, 6.07) is 2.35. The Morgan fingerprint density at radius 2 is 1.95 bits per heavy atom. The minimum absolute atomic E-state index is 0.0359. The van der Waals surface area contributed by atoms with Crippen LogP contribution in [0.4, 0.5) is 24.8 Å². The summed E-state index contributed by atoms with van der Waals surface area (Å²) in [7, 11) is 0. The number of carbonyl (C=O) groups is 1. The van der Waals surface area contributed by atoms with Gasteiger partial charge in [-0.2, -0.15) is 13.2 Å². The number of aromatic nitrogens is 6. The smallest absolute Gasteiger partial charge is 0.383 e. The molecule has 38 heavy (non-hydrogen) atoms. The van der Waals surface area contributed by atoms with E-state index in [0.717, 1.165) is 36.4 Å². The average molecular weight is 525 g/mol. The molecular weight excluding hydrogens is 497 g/mol. The molecule has 0 aliphatic heterocycles. The summed E-state index contributed by atoms with van der Waals surface area (Å²) in [6.07, 6.45) is 4.33. The second-order valence-electron chi connectivity index (χ2n) is 10.2. The van der Waals surface area contributed by atoms with Crippen molar-refractivity contribution >= 4 is 23.7 Å². The summed E-state index contributed by atoms with van der Waals surface area (Å²) in [4.78, 5) is 34.1. The van der Waals surface area contributed by atoms with Crippen LogP contribution in [-0.4, -0.2) is 35.7 Å². The molecule has 0 radical (unpaired) electrons. The molecule has 9 nitrogen and oxygen atoms in total. The number of amides is 1. The molecule has 4 heterocycles. The molecule has 1 amide bonds. The van der Waals surface area contributed by atoms with Crippen molar-refractivity contribution in [2.24, 2.45) is 11.8 Å². The minimum Gasteiger partial charge on any atom is -0.383 e. The highest BCUT2D eigenvalue weighted by molar-refractivity contribution is 5.77. The lowest BCUT2D eigenvalue weighted by atomic mass is 9.74. The number of fused-ring (bicyclic) bond motifs is 1. The van der Waals surface area contributed by atoms with E-state index in [9.17, 15) is 18.0 Å². The fourth-order valence-electron chi connectivity index (χ4n) is 4.96. The Kier molecular flexibility index (Phi) is 6.28. The van der Waals surface area contributed by atoms with Gasteiger partial charge in [0.2, 0.25) is 6.41 Å². The van der Waals surface area contributed by atoms with Crippen LogP contribution in [0.15, 0.2) is 36.9 Å². The number of halogens is 3. The lowest BCUT2D eigenvalue weighted by molar-refractivity contribution is -0.137. The van der Waals surface area contributed by atoms with Crippen molar-refractivity contribution in [3.63, 3.8) is 0 Å². The SMILES string of the molecule is CC(C)Cc1nc(-c2nc(N)c(C(C)(c3ccc(C(F)(F)F)cn3)C3CC3)c(NC=O)n2)cn2ccnc12. The molecular formula is C26H27F3N8O. The summed E-state index contributed by atoms with van der Waals surface area (Å²) >= 11 is 0. The third-order valence-corrected chi connectivity index (χ3v) is 6.94. The van der Waals surface area contributed by atoms with Gasteiger partial charge in [0, 0.05) is 35.8 Å². The van der Waals surface area contributed by atoms with E-state index in [1.807, 2.05) is 11.3 Å². The van der Waals surface area contributed by atoms with E-state index in [0.29, 0.717) is 35.7 Å². The van der Waals surface area contributed by atoms with Crippen LogP contribution in [-0.2, 0) is 22.8 Å². The Morgan fingerprint density at radius 1 is 1.18 bits per heavy atom. The lowest BCUT2D eigenvalue weighted by Gasteiger charge is -2.32. The normalized spacial score (nSPS) is 15.6. The van der Waals surface area contributed by atoms with Gasteiger partial charge in [0.25, 0.3) is 0 Å². The molecule has 0 spiro atoms. The summed E-state index contributed by atoms with van der Waals surface area (Å²) in [5.41, 5.74) is 7.50. The maximum absolute atomic E-state index is 13.2. The summed E-state index contributed by atoms with van der Waals surface area (Å²) in [5.74, 6) is 0.822. The highest BCUT2D eigenvalue weighted by Gasteiger charge is 2.48. The number of nitrogens with two attached hydrogens (primary N) is 1. The first-order valence-electron chi connectivity index (χ1n) is 12.3. The Hall–Kier alpha value is -4.09. The van der Waals surface area contributed by atoms with Crippen molar-refractivity contribution in [2.75, 3.05) is 11.1 Å². The fourth-order valence-corrected chi connectivity index (χ4v) is 4.96. The number of hydrogen-bond acceptors (Lipinski definition) is 7. The quantitative estimate of drug-likeness (QED) is 0.321. The van der Waals surface area contributed by atoms with Gasteiger partial charge >= 0.3 is 6.18 Å². The number of nitrogen functional groups attached to an aromatic ring is 1. The average Bonchev–Trinajstić information content (AvgIpc) is 3.60. The van der Waals surface area contributed by atoms with Gasteiger partial charge in [0.15, 0.2) is 11.5 Å². The highest BCUT2D eigenvalue weighted by Crippen LogP contribution is 2.53. The Labute approximate surface area is 216 Å². The Morgan fingerprint density at radius 3 is 2.55 bits per heavy atom. The van der Waals surface area contributed by atoms with Crippen LogP contribution in [0.1, 0.15) is 56.1 Å². The van der Waals surface area contributed by atoms with Gasteiger partial charge in [-0.25, -0.2) is 19.9 Å². The third kappa shape index (κ3) is 4.54. The van der Waals surface area contributed by atoms with Gasteiger partial charge in [-0.15, -0.1) is 0 Å². The van der Waals surface area contributed by atoms with Gasteiger partial charge < -0.3 is 15.5 Å². The van der Waals surface area contributed by atoms with Crippen molar-refractivity contribution in [3.8, 4) is 11.5 Å². The maximum Gasteiger partial charge on any atom is 0.417 e. The molecule has 1 atom stereocenters. The summed E-state index contributed by atoms with van der Waals surface area (Å²) in [5, 5.41) is 2.63. The molecule has 1 aliphatic rings. The second kappa shape index (κ2) is 9.34. The molecule has 5 rings (SSSR count). The van der Waals surface area contributed by atoms with Crippen LogP contribution >= 0.6 is 0 Å². The Balaban J connectivity index is 1.65. The second-order valence-corrected chi connectivity index (χ2v) is 10.2. The topological polar surface area (TPSA) is 124 Å². The largest absolute Gasteiger partial charge is 0.417 e. The first-order chi connectivity index (χ1) is 18.0. The van der Waals surface area contributed by atoms with Crippen molar-refractivity contribution in [1.82, 2.24) is 29.3 Å². The fraction of sp³-hybridized carbons (Fsp3) is 0.385. The van der Waals surface area contributed by atoms with Gasteiger partial charge in [0.05, 0.1) is 17.0 Å². The van der Waals surface area contributed by atoms with E-state index >= 15 is 0 Å². The molecule has 0 saturated heterocycles. The first-order valence-corrected chi connectivity index (χ1v) is 12.3. The number of carbonyl (C=O) groups excluding carboxylic acids is 1. The van der Waals surface area contributed by atoms with Crippen molar-refractivity contribution in [3.05, 3.63) is 59.4 Å². The molecule has 4 aromatic rings. The molecule has 4 aromatic heterocycles. The van der Waals surface area contributed by atoms with Gasteiger partial charge in [0.1, 0.15) is 17.3 Å². The number of nitrogens with zero attached hydrogens (tertiary/aromatic N) is 6. The summed E-state index contributed by atoms with van der Waals surface area (Å²) in [6.45, 7) is 6.01. The predicted octanol–water partition coefficient (Wildman–Crippen LogP) is 4.67. The number of hydrogen-bond donors (Lipinski definition) is 2. The minimum atomic E-state index is -4.51. The van der Waals surface area contributed by atoms with E-state index in [-0.39, 0.29) is 23.4 Å². The van der Waals surface area contributed by atoms with Crippen molar-refractivity contribution < 1.29 is 18.0 Å². The van der Waals surface area contributed by atoms with Crippen molar-refractivity contribution in [1.29, 1.82) is 0 Å². The molecule has 198 valence electrons. The zero-order valence-corrected chi connectivity index (χ0v) is 21.1. The van der Waals surface area contributed by atoms with E-state index in [4.69, 9.17) is 10.7 Å². The molecule has 1 unspecified atom stereocenters. The first kappa shape index (κ1) is 25.6. The van der Waals surface area contributed by atoms with Crippen molar-refractivity contribution in [2.45, 2.75) is 51.6 Å². The van der Waals surface area contributed by atoms with Gasteiger partial charge in [-0.1, -0.05) is 13.8 Å². The van der Waals surface area contributed by atoms with Crippen LogP contribution in [0.25, 0.3) is 17.2 Å². The number of nitrogens with one attached hydrogen (secondary N) is 1. The Bertz CT molecular complexity index is 1500. The molecule has 3 N–H and O–H groups in total. The third-order valence-electron chi connectivity index (χ3n) is 6.94. The number of pyridine rings is 1. The van der Waals surface area contributed by atoms with E-state index in [2.05, 4.69) is 39.1 Å². The lowest BCUT2D eigenvalue weighted by Crippen LogP contribution is -2.31. The van der Waals surface area contributed by atoms with Crippen LogP contribution in [0.3, 0.4) is 0 Å². The molecule has 12 heteroatoms. The molecule has 1 aliphatic carbocycles. The zero-order chi connectivity index (χ0) is 27.2. The maximum atomic E-state index is 13.2. The zero-order valence-electron chi connectivity index (χ0n) is 21.1. The number of anilines is 2. The summed E-state index contributed by atoms with van der Waals surface area (Å²) < 4.78 is 41.4. The van der Waals surface area contributed by atoms with Gasteiger partial charge in [-0.05, 0) is 50.2 Å². The van der Waals surface area contributed by atoms with E-state index < -0.39 is 17.2 Å². The number of rotatable bonds is 8. The highest BCUT2D eigenvalue weighted by atomic mass is 19.4. The van der Waals surface area contributed by atoms with Crippen LogP contribution in [0.5, 0.6) is 0 Å². The standard InChI is InChI=1S/C26H27F3N8O/c1-14(2)10-17-24-31-8-9-37(24)12-18(34-17)22-35-21(30)20(23(36-22)33-13-38)25(3,15-4-5-15)19-7-6-16(11-32-19)26(27,28)29/h6-9,11-15H,4-5,10H2,1-3H3,(H3,30,33,35,36,38).